The largest absolute Gasteiger partial charge is 0.420 e. The molecule has 0 aliphatic heterocycles. The quantitative estimate of drug-likeness (QED) is 0.624. The molecule has 2 aromatic heterocycles. The summed E-state index contributed by atoms with van der Waals surface area (Å²) in [7, 11) is 1.83. The van der Waals surface area contributed by atoms with Crippen molar-refractivity contribution in [2.45, 2.75) is 6.92 Å². The van der Waals surface area contributed by atoms with Crippen molar-refractivity contribution in [2.24, 2.45) is 7.05 Å². The third-order valence-electron chi connectivity index (χ3n) is 1.57. The zero-order chi connectivity index (χ0) is 8.55. The second-order valence-electron chi connectivity index (χ2n) is 2.47. The van der Waals surface area contributed by atoms with Gasteiger partial charge in [-0.2, -0.15) is 5.10 Å². The van der Waals surface area contributed by atoms with Gasteiger partial charge in [0.1, 0.15) is 5.69 Å². The minimum absolute atomic E-state index is 0.507. The fourth-order valence-corrected chi connectivity index (χ4v) is 0.984. The Morgan fingerprint density at radius 1 is 1.42 bits per heavy atom. The highest BCUT2D eigenvalue weighted by atomic mass is 16.4. The molecule has 0 aliphatic rings. The Bertz CT molecular complexity index is 390. The molecule has 2 aromatic rings. The lowest BCUT2D eigenvalue weighted by molar-refractivity contribution is 0.526. The molecular weight excluding hydrogens is 156 g/mol. The molecule has 2 heterocycles. The molecule has 0 fully saturated rings. The summed E-state index contributed by atoms with van der Waals surface area (Å²) < 4.78 is 6.91. The van der Waals surface area contributed by atoms with Crippen LogP contribution in [0.15, 0.2) is 16.7 Å². The van der Waals surface area contributed by atoms with Crippen LogP contribution in [0.1, 0.15) is 5.89 Å². The molecule has 62 valence electrons. The van der Waals surface area contributed by atoms with Gasteiger partial charge in [0.05, 0.1) is 0 Å². The molecule has 5 heteroatoms. The summed E-state index contributed by atoms with van der Waals surface area (Å²) in [4.78, 5) is 0. The van der Waals surface area contributed by atoms with Crippen LogP contribution in [0.3, 0.4) is 0 Å². The third kappa shape index (κ3) is 0.990. The molecule has 0 saturated heterocycles. The molecule has 0 radical (unpaired) electrons. The summed E-state index contributed by atoms with van der Waals surface area (Å²) >= 11 is 0. The highest BCUT2D eigenvalue weighted by Gasteiger charge is 2.08. The Hall–Kier alpha value is -1.65. The molecule has 0 aromatic carbocycles. The molecule has 5 nitrogen and oxygen atoms in total. The molecule has 0 aliphatic carbocycles. The van der Waals surface area contributed by atoms with Gasteiger partial charge in [-0.15, -0.1) is 10.2 Å². The minimum Gasteiger partial charge on any atom is -0.420 e. The van der Waals surface area contributed by atoms with Gasteiger partial charge in [0, 0.05) is 20.2 Å². The first-order chi connectivity index (χ1) is 5.77. The van der Waals surface area contributed by atoms with Crippen molar-refractivity contribution in [1.82, 2.24) is 20.0 Å². The summed E-state index contributed by atoms with van der Waals surface area (Å²) in [5, 5.41) is 11.6. The average molecular weight is 164 g/mol. The Morgan fingerprint density at radius 3 is 2.75 bits per heavy atom. The molecule has 0 N–H and O–H groups in total. The molecule has 12 heavy (non-hydrogen) atoms. The zero-order valence-electron chi connectivity index (χ0n) is 6.85. The predicted octanol–water partition coefficient (Wildman–Crippen LogP) is 0.779. The molecule has 2 rings (SSSR count). The van der Waals surface area contributed by atoms with Gasteiger partial charge in [-0.25, -0.2) is 0 Å². The van der Waals surface area contributed by atoms with Crippen molar-refractivity contribution < 1.29 is 4.42 Å². The summed E-state index contributed by atoms with van der Waals surface area (Å²) in [5.41, 5.74) is 0.829. The van der Waals surface area contributed by atoms with Crippen molar-refractivity contribution >= 4 is 0 Å². The number of nitrogens with zero attached hydrogens (tertiary/aromatic N) is 4. The van der Waals surface area contributed by atoms with Crippen LogP contribution in [0.4, 0.5) is 0 Å². The van der Waals surface area contributed by atoms with Crippen LogP contribution < -0.4 is 0 Å². The summed E-state index contributed by atoms with van der Waals surface area (Å²) in [6.07, 6.45) is 1.69. The summed E-state index contributed by atoms with van der Waals surface area (Å²) in [6, 6.07) is 1.83. The first-order valence-electron chi connectivity index (χ1n) is 3.56. The van der Waals surface area contributed by atoms with Gasteiger partial charge in [0.25, 0.3) is 5.89 Å². The lowest BCUT2D eigenvalue weighted by atomic mass is 10.4. The number of hydrogen-bond acceptors (Lipinski definition) is 4. The van der Waals surface area contributed by atoms with Crippen LogP contribution in [0.25, 0.3) is 11.6 Å². The molecule has 0 saturated carbocycles. The standard InChI is InChI=1S/C7H8N4O/c1-5-9-10-7(12-5)6-3-4-8-11(6)2/h3-4H,1-2H3. The fourth-order valence-electron chi connectivity index (χ4n) is 0.984. The highest BCUT2D eigenvalue weighted by molar-refractivity contribution is 5.45. The topological polar surface area (TPSA) is 56.7 Å². The lowest BCUT2D eigenvalue weighted by Gasteiger charge is -1.92. The first-order valence-corrected chi connectivity index (χ1v) is 3.56. The Labute approximate surface area is 69.0 Å². The van der Waals surface area contributed by atoms with Gasteiger partial charge in [-0.05, 0) is 6.07 Å². The van der Waals surface area contributed by atoms with E-state index in [0.717, 1.165) is 5.69 Å². The van der Waals surface area contributed by atoms with Crippen molar-refractivity contribution in [3.8, 4) is 11.6 Å². The third-order valence-corrected chi connectivity index (χ3v) is 1.57. The SMILES string of the molecule is Cc1nnc(-c2ccnn2C)o1. The minimum atomic E-state index is 0.507. The summed E-state index contributed by atoms with van der Waals surface area (Å²) in [6.45, 7) is 1.76. The second kappa shape index (κ2) is 2.44. The van der Waals surface area contributed by atoms with Gasteiger partial charge in [-0.1, -0.05) is 0 Å². The monoisotopic (exact) mass is 164 g/mol. The zero-order valence-corrected chi connectivity index (χ0v) is 6.85. The first kappa shape index (κ1) is 7.02. The smallest absolute Gasteiger partial charge is 0.265 e. The maximum atomic E-state index is 5.23. The van der Waals surface area contributed by atoms with Gasteiger partial charge in [0.15, 0.2) is 0 Å². The van der Waals surface area contributed by atoms with E-state index >= 15 is 0 Å². The van der Waals surface area contributed by atoms with Crippen LogP contribution in [0.5, 0.6) is 0 Å². The predicted molar refractivity (Wildman–Crippen MR) is 41.2 cm³/mol. The normalized spacial score (nSPS) is 10.5. The van der Waals surface area contributed by atoms with Crippen LogP contribution in [-0.4, -0.2) is 20.0 Å². The Morgan fingerprint density at radius 2 is 2.25 bits per heavy atom. The second-order valence-corrected chi connectivity index (χ2v) is 2.47. The van der Waals surface area contributed by atoms with E-state index in [9.17, 15) is 0 Å². The van der Waals surface area contributed by atoms with E-state index in [-0.39, 0.29) is 0 Å². The van der Waals surface area contributed by atoms with Crippen molar-refractivity contribution in [2.75, 3.05) is 0 Å². The maximum Gasteiger partial charge on any atom is 0.265 e. The van der Waals surface area contributed by atoms with Crippen LogP contribution >= 0.6 is 0 Å². The molecule has 0 amide bonds. The number of aryl methyl sites for hydroxylation is 2. The van der Waals surface area contributed by atoms with E-state index in [1.165, 1.54) is 0 Å². The highest BCUT2D eigenvalue weighted by Crippen LogP contribution is 2.15. The molecule has 0 unspecified atom stereocenters. The van der Waals surface area contributed by atoms with Crippen LogP contribution in [0.2, 0.25) is 0 Å². The summed E-state index contributed by atoms with van der Waals surface area (Å²) in [5.74, 6) is 1.07. The van der Waals surface area contributed by atoms with Gasteiger partial charge in [-0.3, -0.25) is 4.68 Å². The molecule has 0 atom stereocenters. The Kier molecular flexibility index (Phi) is 1.43. The average Bonchev–Trinajstić information content (AvgIpc) is 2.58. The van der Waals surface area contributed by atoms with E-state index in [1.807, 2.05) is 13.1 Å². The van der Waals surface area contributed by atoms with E-state index in [2.05, 4.69) is 15.3 Å². The number of rotatable bonds is 1. The van der Waals surface area contributed by atoms with Gasteiger partial charge in [0.2, 0.25) is 5.89 Å². The molecule has 0 bridgehead atoms. The van der Waals surface area contributed by atoms with Crippen LogP contribution in [0, 0.1) is 6.92 Å². The fraction of sp³-hybridized carbons (Fsp3) is 0.286. The maximum absolute atomic E-state index is 5.23. The van der Waals surface area contributed by atoms with E-state index in [4.69, 9.17) is 4.42 Å². The van der Waals surface area contributed by atoms with E-state index in [1.54, 1.807) is 17.8 Å². The Balaban J connectivity index is 2.50. The number of hydrogen-bond donors (Lipinski definition) is 0. The molecule has 0 spiro atoms. The van der Waals surface area contributed by atoms with E-state index < -0.39 is 0 Å². The van der Waals surface area contributed by atoms with E-state index in [0.29, 0.717) is 11.8 Å². The van der Waals surface area contributed by atoms with Gasteiger partial charge >= 0.3 is 0 Å². The molecular formula is C7H8N4O. The van der Waals surface area contributed by atoms with Crippen LogP contribution in [-0.2, 0) is 7.05 Å². The van der Waals surface area contributed by atoms with Crippen molar-refractivity contribution in [3.05, 3.63) is 18.2 Å². The van der Waals surface area contributed by atoms with Crippen molar-refractivity contribution in [3.63, 3.8) is 0 Å². The van der Waals surface area contributed by atoms with Crippen molar-refractivity contribution in [1.29, 1.82) is 0 Å². The number of aromatic nitrogens is 4. The van der Waals surface area contributed by atoms with Gasteiger partial charge < -0.3 is 4.42 Å². The lowest BCUT2D eigenvalue weighted by Crippen LogP contribution is -1.92.